The Bertz CT molecular complexity index is 2670. The molecule has 0 saturated heterocycles. The van der Waals surface area contributed by atoms with Crippen molar-refractivity contribution in [2.75, 3.05) is 52.9 Å². The van der Waals surface area contributed by atoms with Gasteiger partial charge in [0.2, 0.25) is 0 Å². The van der Waals surface area contributed by atoms with Gasteiger partial charge in [-0.15, -0.1) is 0 Å². The van der Waals surface area contributed by atoms with Crippen LogP contribution in [0.4, 0.5) is 0 Å². The van der Waals surface area contributed by atoms with Crippen LogP contribution in [0.2, 0.25) is 0 Å². The Labute approximate surface area is 668 Å². The van der Waals surface area contributed by atoms with Gasteiger partial charge in [0.1, 0.15) is 0 Å². The number of fused-ring (bicyclic) bond motifs is 8. The summed E-state index contributed by atoms with van der Waals surface area (Å²) in [5, 5.41) is 0. The van der Waals surface area contributed by atoms with Gasteiger partial charge in [-0.25, -0.2) is 0 Å². The molecule has 0 amide bonds. The van der Waals surface area contributed by atoms with Crippen LogP contribution >= 0.6 is 0 Å². The van der Waals surface area contributed by atoms with Gasteiger partial charge in [0.25, 0.3) is 0 Å². The molecule has 20 fully saturated rings. The summed E-state index contributed by atoms with van der Waals surface area (Å²) >= 11 is 0. The molecular formula is C100H178O8. The molecular weight excluding hydrogens is 1330 g/mol. The molecule has 626 valence electrons. The molecule has 0 radical (unpaired) electrons. The van der Waals surface area contributed by atoms with Gasteiger partial charge in [-0.3, -0.25) is 0 Å². The van der Waals surface area contributed by atoms with E-state index in [9.17, 15) is 0 Å². The summed E-state index contributed by atoms with van der Waals surface area (Å²) < 4.78 is 48.1. The zero-order valence-corrected chi connectivity index (χ0v) is 75.1. The van der Waals surface area contributed by atoms with Crippen molar-refractivity contribution in [1.82, 2.24) is 0 Å². The van der Waals surface area contributed by atoms with E-state index >= 15 is 0 Å². The maximum Gasteiger partial charge on any atom is 0.0687 e. The fraction of sp³-hybridized carbons (Fsp3) is 1.00. The maximum atomic E-state index is 6.12. The van der Waals surface area contributed by atoms with E-state index in [4.69, 9.17) is 37.9 Å². The predicted octanol–water partition coefficient (Wildman–Crippen LogP) is 27.3. The molecule has 0 aliphatic heterocycles. The maximum absolute atomic E-state index is 6.12. The summed E-state index contributed by atoms with van der Waals surface area (Å²) in [5.41, 5.74) is 7.60. The third-order valence-electron chi connectivity index (χ3n) is 36.7. The van der Waals surface area contributed by atoms with Gasteiger partial charge in [-0.1, -0.05) is 141 Å². The Kier molecular flexibility index (Phi) is 27.8. The predicted molar refractivity (Wildman–Crippen MR) is 450 cm³/mol. The zero-order chi connectivity index (χ0) is 77.5. The monoisotopic (exact) mass is 1510 g/mol. The summed E-state index contributed by atoms with van der Waals surface area (Å²) in [6.07, 6.45) is 67.7. The first kappa shape index (κ1) is 87.0. The fourth-order valence-corrected chi connectivity index (χ4v) is 30.3. The van der Waals surface area contributed by atoms with E-state index in [0.29, 0.717) is 125 Å². The van der Waals surface area contributed by atoms with Crippen molar-refractivity contribution in [2.45, 2.75) is 470 Å². The van der Waals surface area contributed by atoms with Crippen molar-refractivity contribution in [3.63, 3.8) is 0 Å². The molecule has 20 saturated carbocycles. The molecule has 20 aliphatic rings. The molecule has 10 unspecified atom stereocenters. The standard InChI is InChI=1S/C14H24O.C14H26O.C13H22O.C13H24O.2C12H22O.C11H18O.C11H20O/c1-4-15-13-11-8-12(14(13,2)3)10-7-5-6-9(10)11;1-4-15-12-13(2,3)10-11-14(12)8-6-5-7-9-14;1-2-14-11-12(5-3-6-12)9-10-13(11)7-4-8-13;1-4-14-11-12(2,3)9-10-13(11)7-5-6-8-13;1-4-13-11-9-5-7-10(8-6-9)12(11,2)3;1-4-13-10-11(2,3)8-9-12(10)6-5-7-12;1-2-12-9-10(3-4-10)7-8-11(9)5-6-11;1-4-12-9-10(2,3)5-6-11(9)7-8-11/h9-13H,4-8H2,1-3H3;12H,4-11H2,1-3H3;11H,2-10H2,1H3;11H,4-10H2,1-3H3;9-11H,4-8H2,1-3H3;10H,4-9H2,1-3H3;9H,2-8H2,1H3;9H,4-8H2,1-3H3. The van der Waals surface area contributed by atoms with Gasteiger partial charge in [0, 0.05) is 52.9 Å². The van der Waals surface area contributed by atoms with E-state index in [0.717, 1.165) is 88.4 Å². The van der Waals surface area contributed by atoms with E-state index in [-0.39, 0.29) is 0 Å². The lowest BCUT2D eigenvalue weighted by Crippen LogP contribution is -2.51. The van der Waals surface area contributed by atoms with Gasteiger partial charge >= 0.3 is 0 Å². The van der Waals surface area contributed by atoms with Gasteiger partial charge in [-0.2, -0.15) is 0 Å². The molecule has 8 heteroatoms. The molecule has 0 aromatic carbocycles. The van der Waals surface area contributed by atoms with E-state index in [2.05, 4.69) is 138 Å². The number of rotatable bonds is 16. The van der Waals surface area contributed by atoms with Crippen molar-refractivity contribution < 1.29 is 37.9 Å². The molecule has 20 rings (SSSR count). The van der Waals surface area contributed by atoms with Gasteiger partial charge in [0.05, 0.1) is 48.8 Å². The van der Waals surface area contributed by atoms with Crippen molar-refractivity contribution >= 4 is 0 Å². The summed E-state index contributed by atoms with van der Waals surface area (Å²) in [6, 6.07) is 0. The van der Waals surface area contributed by atoms with Crippen LogP contribution in [0.3, 0.4) is 0 Å². The molecule has 10 atom stereocenters. The minimum absolute atomic E-state index is 0.410. The number of hydrogen-bond acceptors (Lipinski definition) is 8. The summed E-state index contributed by atoms with van der Waals surface area (Å²) in [6.45, 7) is 53.0. The van der Waals surface area contributed by atoms with Crippen molar-refractivity contribution in [3.05, 3.63) is 0 Å². The molecule has 0 heterocycles. The van der Waals surface area contributed by atoms with Crippen LogP contribution in [0.15, 0.2) is 0 Å². The zero-order valence-electron chi connectivity index (χ0n) is 75.1. The summed E-state index contributed by atoms with van der Waals surface area (Å²) in [7, 11) is 0. The van der Waals surface area contributed by atoms with E-state index in [1.165, 1.54) is 283 Å². The lowest BCUT2D eigenvalue weighted by Gasteiger charge is -2.53. The highest BCUT2D eigenvalue weighted by molar-refractivity contribution is 5.19. The highest BCUT2D eigenvalue weighted by Crippen LogP contribution is 2.74. The highest BCUT2D eigenvalue weighted by Gasteiger charge is 2.69. The lowest BCUT2D eigenvalue weighted by molar-refractivity contribution is -0.139. The quantitative estimate of drug-likeness (QED) is 0.151. The minimum atomic E-state index is 0.410. The van der Waals surface area contributed by atoms with E-state index < -0.39 is 0 Å². The molecule has 0 aromatic rings. The van der Waals surface area contributed by atoms with Crippen LogP contribution in [0.5, 0.6) is 0 Å². The molecule has 0 N–H and O–H groups in total. The van der Waals surface area contributed by atoms with Crippen LogP contribution in [-0.4, -0.2) is 102 Å². The van der Waals surface area contributed by atoms with Crippen LogP contribution in [-0.2, 0) is 37.9 Å². The van der Waals surface area contributed by atoms with E-state index in [1.807, 2.05) is 0 Å². The average molecular weight is 1510 g/mol. The number of ether oxygens (including phenoxy) is 8. The van der Waals surface area contributed by atoms with Crippen molar-refractivity contribution in [2.24, 2.45) is 111 Å². The molecule has 8 spiro atoms. The van der Waals surface area contributed by atoms with Crippen LogP contribution in [0.1, 0.15) is 421 Å². The second-order valence-electron chi connectivity index (χ2n) is 45.5. The van der Waals surface area contributed by atoms with Gasteiger partial charge < -0.3 is 37.9 Å². The Balaban J connectivity index is 0.000000115. The minimum Gasteiger partial charge on any atom is -0.378 e. The smallest absolute Gasteiger partial charge is 0.0687 e. The van der Waals surface area contributed by atoms with Crippen molar-refractivity contribution in [3.8, 4) is 0 Å². The largest absolute Gasteiger partial charge is 0.378 e. The Hall–Kier alpha value is -0.320. The fourth-order valence-electron chi connectivity index (χ4n) is 30.3. The number of hydrogen-bond donors (Lipinski definition) is 0. The molecule has 8 nitrogen and oxygen atoms in total. The highest BCUT2D eigenvalue weighted by atomic mass is 16.5. The Morgan fingerprint density at radius 2 is 0.472 bits per heavy atom. The Morgan fingerprint density at radius 1 is 0.213 bits per heavy atom. The molecule has 0 aromatic heterocycles. The summed E-state index contributed by atoms with van der Waals surface area (Å²) in [5.74, 6) is 5.74. The normalized spacial score (nSPS) is 37.6. The SMILES string of the molecule is CCOC1C(C)(C)CCC12CC2.CCOC1C(C)(C)CCC12CCC2.CCOC1C(C)(C)CCC12CCCC2.CCOC1C(C)(C)CCC12CCCCC2.CCOC1C2(CC2)CCC12CC2.CCOC1C2(CCC2)CCC12CCC2.CCOC1C2CC(C3CCCC32)C1(C)C.CCOC1C2CCC(CC2)C1(C)C. The van der Waals surface area contributed by atoms with E-state index in [1.54, 1.807) is 0 Å². The third-order valence-corrected chi connectivity index (χ3v) is 36.7. The van der Waals surface area contributed by atoms with Crippen LogP contribution in [0.25, 0.3) is 0 Å². The Morgan fingerprint density at radius 3 is 0.778 bits per heavy atom. The topological polar surface area (TPSA) is 73.8 Å². The molecule has 4 bridgehead atoms. The van der Waals surface area contributed by atoms with Gasteiger partial charge in [0.15, 0.2) is 0 Å². The third kappa shape index (κ3) is 17.2. The second kappa shape index (κ2) is 34.6. The van der Waals surface area contributed by atoms with Gasteiger partial charge in [-0.05, 0) is 391 Å². The van der Waals surface area contributed by atoms with Crippen molar-refractivity contribution in [1.29, 1.82) is 0 Å². The van der Waals surface area contributed by atoms with Crippen LogP contribution < -0.4 is 0 Å². The van der Waals surface area contributed by atoms with Crippen LogP contribution in [0, 0.1) is 111 Å². The first-order chi connectivity index (χ1) is 51.4. The average Bonchev–Trinajstić information content (AvgIpc) is 1.51. The molecule has 108 heavy (non-hydrogen) atoms. The molecule has 20 aliphatic carbocycles. The summed E-state index contributed by atoms with van der Waals surface area (Å²) in [4.78, 5) is 0. The first-order valence-electron chi connectivity index (χ1n) is 48.3. The second-order valence-corrected chi connectivity index (χ2v) is 45.5. The lowest BCUT2D eigenvalue weighted by atomic mass is 9.56. The first-order valence-corrected chi connectivity index (χ1v) is 48.3.